The third kappa shape index (κ3) is 3.55. The second-order valence-corrected chi connectivity index (χ2v) is 3.67. The summed E-state index contributed by atoms with van der Waals surface area (Å²) in [6.07, 6.45) is 0.291. The SMILES string of the molecule is CCN(CC)C(=O)Cc1ccc([N+](=O)[O-])cc1. The summed E-state index contributed by atoms with van der Waals surface area (Å²) in [5.41, 5.74) is 0.844. The van der Waals surface area contributed by atoms with Crippen molar-refractivity contribution in [2.45, 2.75) is 20.3 Å². The van der Waals surface area contributed by atoms with Gasteiger partial charge in [0, 0.05) is 25.2 Å². The molecule has 0 aliphatic heterocycles. The van der Waals surface area contributed by atoms with Crippen LogP contribution < -0.4 is 0 Å². The molecule has 0 aromatic heterocycles. The van der Waals surface area contributed by atoms with E-state index < -0.39 is 4.92 Å². The molecule has 0 saturated carbocycles. The molecule has 0 bridgehead atoms. The van der Waals surface area contributed by atoms with Gasteiger partial charge in [-0.15, -0.1) is 0 Å². The minimum absolute atomic E-state index is 0.0452. The number of likely N-dealkylation sites (N-methyl/N-ethyl adjacent to an activating group) is 1. The maximum Gasteiger partial charge on any atom is 0.269 e. The van der Waals surface area contributed by atoms with Gasteiger partial charge in [0.15, 0.2) is 0 Å². The van der Waals surface area contributed by atoms with Crippen molar-refractivity contribution in [2.75, 3.05) is 13.1 Å². The first-order valence-corrected chi connectivity index (χ1v) is 5.59. The molecule has 92 valence electrons. The van der Waals surface area contributed by atoms with Gasteiger partial charge < -0.3 is 4.90 Å². The van der Waals surface area contributed by atoms with Gasteiger partial charge in [0.1, 0.15) is 0 Å². The fraction of sp³-hybridized carbons (Fsp3) is 0.417. The average Bonchev–Trinajstić information content (AvgIpc) is 2.31. The molecule has 0 fully saturated rings. The van der Waals surface area contributed by atoms with Crippen molar-refractivity contribution in [3.63, 3.8) is 0 Å². The largest absolute Gasteiger partial charge is 0.343 e. The predicted molar refractivity (Wildman–Crippen MR) is 64.7 cm³/mol. The summed E-state index contributed by atoms with van der Waals surface area (Å²) in [7, 11) is 0. The van der Waals surface area contributed by atoms with E-state index in [0.29, 0.717) is 19.5 Å². The summed E-state index contributed by atoms with van der Waals surface area (Å²) >= 11 is 0. The Morgan fingerprint density at radius 2 is 1.76 bits per heavy atom. The average molecular weight is 236 g/mol. The summed E-state index contributed by atoms with van der Waals surface area (Å²) in [4.78, 5) is 23.5. The van der Waals surface area contributed by atoms with Gasteiger partial charge in [-0.3, -0.25) is 14.9 Å². The normalized spacial score (nSPS) is 10.0. The van der Waals surface area contributed by atoms with Crippen LogP contribution >= 0.6 is 0 Å². The Balaban J connectivity index is 2.69. The van der Waals surface area contributed by atoms with Crippen LogP contribution in [0.15, 0.2) is 24.3 Å². The molecule has 0 aliphatic carbocycles. The second-order valence-electron chi connectivity index (χ2n) is 3.67. The summed E-state index contributed by atoms with van der Waals surface area (Å²) in [6.45, 7) is 5.22. The molecule has 0 unspecified atom stereocenters. The van der Waals surface area contributed by atoms with Crippen LogP contribution in [0.2, 0.25) is 0 Å². The van der Waals surface area contributed by atoms with E-state index in [-0.39, 0.29) is 11.6 Å². The van der Waals surface area contributed by atoms with Crippen molar-refractivity contribution in [1.29, 1.82) is 0 Å². The molecule has 0 spiro atoms. The number of carbonyl (C=O) groups is 1. The topological polar surface area (TPSA) is 63.5 Å². The van der Waals surface area contributed by atoms with E-state index in [1.807, 2.05) is 13.8 Å². The predicted octanol–water partition coefficient (Wildman–Crippen LogP) is 2.01. The Morgan fingerprint density at radius 3 is 2.18 bits per heavy atom. The minimum Gasteiger partial charge on any atom is -0.343 e. The van der Waals surface area contributed by atoms with Crippen LogP contribution in [0.5, 0.6) is 0 Å². The third-order valence-corrected chi connectivity index (χ3v) is 2.62. The van der Waals surface area contributed by atoms with Gasteiger partial charge in [-0.25, -0.2) is 0 Å². The van der Waals surface area contributed by atoms with E-state index in [1.165, 1.54) is 12.1 Å². The second kappa shape index (κ2) is 5.98. The lowest BCUT2D eigenvalue weighted by atomic mass is 10.1. The van der Waals surface area contributed by atoms with Gasteiger partial charge >= 0.3 is 0 Å². The lowest BCUT2D eigenvalue weighted by Gasteiger charge is -2.18. The van der Waals surface area contributed by atoms with Gasteiger partial charge in [-0.05, 0) is 19.4 Å². The quantitative estimate of drug-likeness (QED) is 0.580. The molecule has 1 aromatic carbocycles. The summed E-state index contributed by atoms with van der Waals surface area (Å²) in [5, 5.41) is 10.5. The number of non-ortho nitro benzene ring substituents is 1. The Morgan fingerprint density at radius 1 is 1.24 bits per heavy atom. The van der Waals surface area contributed by atoms with Crippen LogP contribution in [-0.2, 0) is 11.2 Å². The first-order valence-electron chi connectivity index (χ1n) is 5.59. The molecule has 5 heteroatoms. The summed E-state index contributed by atoms with van der Waals surface area (Å²) in [5.74, 6) is 0.0452. The summed E-state index contributed by atoms with van der Waals surface area (Å²) in [6, 6.07) is 6.09. The maximum absolute atomic E-state index is 11.8. The Kier molecular flexibility index (Phi) is 4.63. The molecule has 17 heavy (non-hydrogen) atoms. The lowest BCUT2D eigenvalue weighted by Crippen LogP contribution is -2.31. The highest BCUT2D eigenvalue weighted by Gasteiger charge is 2.11. The first kappa shape index (κ1) is 13.2. The van der Waals surface area contributed by atoms with E-state index in [1.54, 1.807) is 17.0 Å². The molecule has 0 heterocycles. The van der Waals surface area contributed by atoms with Crippen molar-refractivity contribution in [3.05, 3.63) is 39.9 Å². The number of nitro groups is 1. The molecule has 1 rings (SSSR count). The molecule has 1 aromatic rings. The zero-order valence-corrected chi connectivity index (χ0v) is 10.0. The molecule has 0 atom stereocenters. The smallest absolute Gasteiger partial charge is 0.269 e. The standard InChI is InChI=1S/C12H16N2O3/c1-3-13(4-2)12(15)9-10-5-7-11(8-6-10)14(16)17/h5-8H,3-4,9H2,1-2H3. The van der Waals surface area contributed by atoms with Gasteiger partial charge in [0.2, 0.25) is 5.91 Å². The number of rotatable bonds is 5. The van der Waals surface area contributed by atoms with Crippen LogP contribution in [0, 0.1) is 10.1 Å². The van der Waals surface area contributed by atoms with Gasteiger partial charge in [0.25, 0.3) is 5.69 Å². The van der Waals surface area contributed by atoms with Crippen LogP contribution in [0.1, 0.15) is 19.4 Å². The Labute approximate surface area is 100 Å². The van der Waals surface area contributed by atoms with Crippen LogP contribution in [0.3, 0.4) is 0 Å². The van der Waals surface area contributed by atoms with Gasteiger partial charge in [-0.1, -0.05) is 12.1 Å². The Hall–Kier alpha value is -1.91. The highest BCUT2D eigenvalue weighted by atomic mass is 16.6. The van der Waals surface area contributed by atoms with Crippen LogP contribution in [0.25, 0.3) is 0 Å². The number of amides is 1. The van der Waals surface area contributed by atoms with E-state index in [2.05, 4.69) is 0 Å². The molecule has 0 aliphatic rings. The zero-order valence-electron chi connectivity index (χ0n) is 10.0. The van der Waals surface area contributed by atoms with E-state index in [0.717, 1.165) is 5.56 Å². The van der Waals surface area contributed by atoms with Gasteiger partial charge in [-0.2, -0.15) is 0 Å². The fourth-order valence-electron chi connectivity index (χ4n) is 1.60. The first-order chi connectivity index (χ1) is 8.08. The van der Waals surface area contributed by atoms with Crippen molar-refractivity contribution >= 4 is 11.6 Å². The highest BCUT2D eigenvalue weighted by Crippen LogP contribution is 2.12. The number of nitrogens with zero attached hydrogens (tertiary/aromatic N) is 2. The van der Waals surface area contributed by atoms with Crippen LogP contribution in [-0.4, -0.2) is 28.8 Å². The van der Waals surface area contributed by atoms with Gasteiger partial charge in [0.05, 0.1) is 11.3 Å². The molecule has 0 saturated heterocycles. The van der Waals surface area contributed by atoms with E-state index in [9.17, 15) is 14.9 Å². The summed E-state index contributed by atoms with van der Waals surface area (Å²) < 4.78 is 0. The number of nitro benzene ring substituents is 1. The van der Waals surface area contributed by atoms with Crippen molar-refractivity contribution in [3.8, 4) is 0 Å². The van der Waals surface area contributed by atoms with Crippen LogP contribution in [0.4, 0.5) is 5.69 Å². The minimum atomic E-state index is -0.448. The monoisotopic (exact) mass is 236 g/mol. The Bertz CT molecular complexity index is 397. The van der Waals surface area contributed by atoms with E-state index in [4.69, 9.17) is 0 Å². The molecular formula is C12H16N2O3. The molecule has 0 N–H and O–H groups in total. The third-order valence-electron chi connectivity index (χ3n) is 2.62. The van der Waals surface area contributed by atoms with Crippen molar-refractivity contribution in [2.24, 2.45) is 0 Å². The highest BCUT2D eigenvalue weighted by molar-refractivity contribution is 5.78. The molecule has 5 nitrogen and oxygen atoms in total. The van der Waals surface area contributed by atoms with Crippen molar-refractivity contribution in [1.82, 2.24) is 4.90 Å². The molecule has 1 amide bonds. The fourth-order valence-corrected chi connectivity index (χ4v) is 1.60. The maximum atomic E-state index is 11.8. The number of hydrogen-bond acceptors (Lipinski definition) is 3. The van der Waals surface area contributed by atoms with E-state index >= 15 is 0 Å². The zero-order chi connectivity index (χ0) is 12.8. The number of benzene rings is 1. The van der Waals surface area contributed by atoms with Crippen molar-refractivity contribution < 1.29 is 9.72 Å². The lowest BCUT2D eigenvalue weighted by molar-refractivity contribution is -0.384. The number of carbonyl (C=O) groups excluding carboxylic acids is 1. The molecule has 0 radical (unpaired) electrons. The molecular weight excluding hydrogens is 220 g/mol. The number of hydrogen-bond donors (Lipinski definition) is 0.